The van der Waals surface area contributed by atoms with Gasteiger partial charge in [0, 0.05) is 11.3 Å². The van der Waals surface area contributed by atoms with Crippen molar-refractivity contribution in [2.24, 2.45) is 5.41 Å². The molecule has 16 heavy (non-hydrogen) atoms. The molecule has 0 radical (unpaired) electrons. The first kappa shape index (κ1) is 10.5. The van der Waals surface area contributed by atoms with Crippen molar-refractivity contribution < 1.29 is 0 Å². The second kappa shape index (κ2) is 2.97. The maximum atomic E-state index is 4.71. The maximum absolute atomic E-state index is 4.71. The zero-order valence-electron chi connectivity index (χ0n) is 10.2. The lowest BCUT2D eigenvalue weighted by Crippen LogP contribution is -2.32. The van der Waals surface area contributed by atoms with E-state index in [1.54, 1.807) is 11.8 Å². The summed E-state index contributed by atoms with van der Waals surface area (Å²) in [5.74, 6) is 0.559. The highest BCUT2D eigenvalue weighted by molar-refractivity contribution is 7.98. The maximum Gasteiger partial charge on any atom is 0.209 e. The standard InChI is InChI=1S/C12H17N3S/c1-11(2)7-5-6-12(11,3)9-8(7)14-15-10(13-9)16-4/h7H,5-6H2,1-4H3. The molecule has 2 bridgehead atoms. The van der Waals surface area contributed by atoms with E-state index in [0.717, 1.165) is 10.9 Å². The molecule has 3 nitrogen and oxygen atoms in total. The van der Waals surface area contributed by atoms with Gasteiger partial charge in [0.2, 0.25) is 5.16 Å². The van der Waals surface area contributed by atoms with Crippen LogP contribution in [0.15, 0.2) is 5.16 Å². The topological polar surface area (TPSA) is 38.7 Å². The second-order valence-electron chi connectivity index (χ2n) is 5.68. The minimum absolute atomic E-state index is 0.202. The fraction of sp³-hybridized carbons (Fsp3) is 0.750. The monoisotopic (exact) mass is 235 g/mol. The summed E-state index contributed by atoms with van der Waals surface area (Å²) >= 11 is 1.58. The van der Waals surface area contributed by atoms with E-state index < -0.39 is 0 Å². The molecule has 1 aromatic heterocycles. The van der Waals surface area contributed by atoms with Crippen LogP contribution in [-0.2, 0) is 5.41 Å². The molecule has 3 rings (SSSR count). The molecular weight excluding hydrogens is 218 g/mol. The molecule has 0 aliphatic heterocycles. The Labute approximate surface area is 100 Å². The molecule has 0 amide bonds. The molecule has 4 heteroatoms. The third-order valence-corrected chi connectivity index (χ3v) is 5.49. The molecule has 86 valence electrons. The Hall–Kier alpha value is -0.640. The molecule has 2 aliphatic rings. The van der Waals surface area contributed by atoms with E-state index in [-0.39, 0.29) is 10.8 Å². The molecule has 1 heterocycles. The Balaban J connectivity index is 2.23. The number of hydrogen-bond acceptors (Lipinski definition) is 4. The molecule has 1 fully saturated rings. The van der Waals surface area contributed by atoms with E-state index in [4.69, 9.17) is 4.98 Å². The van der Waals surface area contributed by atoms with Gasteiger partial charge in [0.1, 0.15) is 0 Å². The summed E-state index contributed by atoms with van der Waals surface area (Å²) in [6.07, 6.45) is 4.49. The average molecular weight is 235 g/mol. The van der Waals surface area contributed by atoms with Crippen LogP contribution in [-0.4, -0.2) is 21.4 Å². The molecule has 2 unspecified atom stereocenters. The summed E-state index contributed by atoms with van der Waals surface area (Å²) in [5.41, 5.74) is 2.87. The van der Waals surface area contributed by atoms with Crippen LogP contribution in [0.5, 0.6) is 0 Å². The Morgan fingerprint density at radius 2 is 2.00 bits per heavy atom. The fourth-order valence-electron chi connectivity index (χ4n) is 3.45. The summed E-state index contributed by atoms with van der Waals surface area (Å²) in [6, 6.07) is 0. The minimum Gasteiger partial charge on any atom is -0.224 e. The van der Waals surface area contributed by atoms with Crippen molar-refractivity contribution in [3.05, 3.63) is 11.4 Å². The van der Waals surface area contributed by atoms with Crippen LogP contribution in [0.4, 0.5) is 0 Å². The van der Waals surface area contributed by atoms with Crippen LogP contribution in [0.25, 0.3) is 0 Å². The Kier molecular flexibility index (Phi) is 1.95. The largest absolute Gasteiger partial charge is 0.224 e. The van der Waals surface area contributed by atoms with Crippen molar-refractivity contribution in [3.63, 3.8) is 0 Å². The van der Waals surface area contributed by atoms with Gasteiger partial charge in [-0.3, -0.25) is 0 Å². The summed E-state index contributed by atoms with van der Waals surface area (Å²) in [4.78, 5) is 4.71. The second-order valence-corrected chi connectivity index (χ2v) is 6.45. The van der Waals surface area contributed by atoms with Gasteiger partial charge >= 0.3 is 0 Å². The number of fused-ring (bicyclic) bond motifs is 5. The predicted octanol–water partition coefficient (Wildman–Crippen LogP) is 2.77. The Morgan fingerprint density at radius 3 is 2.69 bits per heavy atom. The molecule has 2 aliphatic carbocycles. The molecule has 0 saturated heterocycles. The van der Waals surface area contributed by atoms with Crippen molar-refractivity contribution >= 4 is 11.8 Å². The Bertz CT molecular complexity index is 458. The van der Waals surface area contributed by atoms with Gasteiger partial charge in [0.15, 0.2) is 0 Å². The van der Waals surface area contributed by atoms with Gasteiger partial charge in [-0.15, -0.1) is 5.10 Å². The van der Waals surface area contributed by atoms with Gasteiger partial charge in [-0.1, -0.05) is 32.5 Å². The zero-order chi connectivity index (χ0) is 11.6. The van der Waals surface area contributed by atoms with Crippen LogP contribution in [0.2, 0.25) is 0 Å². The van der Waals surface area contributed by atoms with E-state index in [1.807, 2.05) is 6.26 Å². The highest BCUT2D eigenvalue weighted by Crippen LogP contribution is 2.66. The molecule has 1 aromatic rings. The smallest absolute Gasteiger partial charge is 0.209 e. The summed E-state index contributed by atoms with van der Waals surface area (Å²) in [7, 11) is 0. The molecule has 0 N–H and O–H groups in total. The van der Waals surface area contributed by atoms with Crippen LogP contribution >= 0.6 is 11.8 Å². The minimum atomic E-state index is 0.202. The van der Waals surface area contributed by atoms with Crippen molar-refractivity contribution in [1.29, 1.82) is 0 Å². The van der Waals surface area contributed by atoms with Crippen molar-refractivity contribution in [3.8, 4) is 0 Å². The SMILES string of the molecule is CSc1nnc2c(n1)C1(C)CCC2C1(C)C. The van der Waals surface area contributed by atoms with Crippen LogP contribution in [0.3, 0.4) is 0 Å². The number of hydrogen-bond donors (Lipinski definition) is 0. The van der Waals surface area contributed by atoms with Crippen LogP contribution in [0, 0.1) is 5.41 Å². The third kappa shape index (κ3) is 0.992. The van der Waals surface area contributed by atoms with Crippen molar-refractivity contribution in [2.75, 3.05) is 6.26 Å². The Morgan fingerprint density at radius 1 is 1.25 bits per heavy atom. The first-order chi connectivity index (χ1) is 7.50. The highest BCUT2D eigenvalue weighted by Gasteiger charge is 2.61. The number of aromatic nitrogens is 3. The van der Waals surface area contributed by atoms with Gasteiger partial charge in [0.05, 0.1) is 11.4 Å². The molecule has 1 saturated carbocycles. The van der Waals surface area contributed by atoms with Crippen LogP contribution in [0.1, 0.15) is 50.9 Å². The van der Waals surface area contributed by atoms with E-state index in [1.165, 1.54) is 18.5 Å². The van der Waals surface area contributed by atoms with Gasteiger partial charge < -0.3 is 0 Å². The quantitative estimate of drug-likeness (QED) is 0.702. The summed E-state index contributed by atoms with van der Waals surface area (Å²) < 4.78 is 0. The van der Waals surface area contributed by atoms with Gasteiger partial charge in [0.25, 0.3) is 0 Å². The lowest BCUT2D eigenvalue weighted by Gasteiger charge is -2.33. The van der Waals surface area contributed by atoms with Crippen molar-refractivity contribution in [2.45, 2.75) is 50.1 Å². The molecular formula is C12H17N3S. The van der Waals surface area contributed by atoms with Gasteiger partial charge in [-0.25, -0.2) is 4.98 Å². The van der Waals surface area contributed by atoms with Gasteiger partial charge in [-0.05, 0) is 24.5 Å². The zero-order valence-corrected chi connectivity index (χ0v) is 11.1. The number of rotatable bonds is 1. The van der Waals surface area contributed by atoms with E-state index in [9.17, 15) is 0 Å². The lowest BCUT2D eigenvalue weighted by atomic mass is 9.70. The van der Waals surface area contributed by atoms with Crippen LogP contribution < -0.4 is 0 Å². The first-order valence-electron chi connectivity index (χ1n) is 5.80. The predicted molar refractivity (Wildman–Crippen MR) is 64.7 cm³/mol. The average Bonchev–Trinajstić information content (AvgIpc) is 2.59. The van der Waals surface area contributed by atoms with E-state index >= 15 is 0 Å². The summed E-state index contributed by atoms with van der Waals surface area (Å²) in [6.45, 7) is 7.05. The van der Waals surface area contributed by atoms with E-state index in [2.05, 4.69) is 31.0 Å². The normalized spacial score (nSPS) is 34.1. The molecule has 0 aromatic carbocycles. The fourth-order valence-corrected chi connectivity index (χ4v) is 3.75. The first-order valence-corrected chi connectivity index (χ1v) is 7.02. The highest BCUT2D eigenvalue weighted by atomic mass is 32.2. The van der Waals surface area contributed by atoms with Crippen molar-refractivity contribution in [1.82, 2.24) is 15.2 Å². The third-order valence-electron chi connectivity index (χ3n) is 4.95. The summed E-state index contributed by atoms with van der Waals surface area (Å²) in [5, 5.41) is 9.41. The number of thioether (sulfide) groups is 1. The van der Waals surface area contributed by atoms with E-state index in [0.29, 0.717) is 5.92 Å². The lowest BCUT2D eigenvalue weighted by molar-refractivity contribution is 0.226. The van der Waals surface area contributed by atoms with Gasteiger partial charge in [-0.2, -0.15) is 5.10 Å². The number of nitrogens with zero attached hydrogens (tertiary/aromatic N) is 3. The molecule has 2 atom stereocenters. The molecule has 0 spiro atoms.